The standard InChI is InChI=1S/C23H27N3O4/c1-3-28-21-10-9-17(15-22(21)29-4-2)23(27)26-13-11-25(12-14-26)16-19-18-7-5-6-8-20(18)30-24-19/h5-10,15H,3-4,11-14,16H2,1-2H3. The average molecular weight is 409 g/mol. The van der Waals surface area contributed by atoms with E-state index in [1.807, 2.05) is 55.1 Å². The predicted octanol–water partition coefficient (Wildman–Crippen LogP) is 3.58. The van der Waals surface area contributed by atoms with E-state index in [9.17, 15) is 4.79 Å². The number of para-hydroxylation sites is 1. The van der Waals surface area contributed by atoms with E-state index < -0.39 is 0 Å². The van der Waals surface area contributed by atoms with Crippen molar-refractivity contribution in [3.63, 3.8) is 0 Å². The van der Waals surface area contributed by atoms with Crippen LogP contribution in [-0.2, 0) is 6.54 Å². The molecule has 1 aromatic heterocycles. The lowest BCUT2D eigenvalue weighted by Crippen LogP contribution is -2.48. The first-order valence-corrected chi connectivity index (χ1v) is 10.4. The molecule has 2 heterocycles. The van der Waals surface area contributed by atoms with Crippen molar-refractivity contribution < 1.29 is 18.8 Å². The largest absolute Gasteiger partial charge is 0.490 e. The summed E-state index contributed by atoms with van der Waals surface area (Å²) in [6, 6.07) is 13.3. The summed E-state index contributed by atoms with van der Waals surface area (Å²) in [5, 5.41) is 5.27. The van der Waals surface area contributed by atoms with Gasteiger partial charge >= 0.3 is 0 Å². The molecule has 0 N–H and O–H groups in total. The summed E-state index contributed by atoms with van der Waals surface area (Å²) < 4.78 is 16.7. The van der Waals surface area contributed by atoms with E-state index in [2.05, 4.69) is 10.1 Å². The average Bonchev–Trinajstić information content (AvgIpc) is 3.18. The molecule has 1 aliphatic rings. The van der Waals surface area contributed by atoms with E-state index in [-0.39, 0.29) is 5.91 Å². The molecular formula is C23H27N3O4. The van der Waals surface area contributed by atoms with Gasteiger partial charge in [-0.25, -0.2) is 0 Å². The molecule has 0 atom stereocenters. The molecule has 2 aromatic carbocycles. The number of amides is 1. The number of piperazine rings is 1. The molecule has 0 bridgehead atoms. The first-order valence-electron chi connectivity index (χ1n) is 10.4. The van der Waals surface area contributed by atoms with Gasteiger partial charge in [0.05, 0.1) is 13.2 Å². The fourth-order valence-electron chi connectivity index (χ4n) is 3.74. The highest BCUT2D eigenvalue weighted by Gasteiger charge is 2.24. The second kappa shape index (κ2) is 9.17. The van der Waals surface area contributed by atoms with Crippen molar-refractivity contribution in [1.82, 2.24) is 15.0 Å². The normalized spacial score (nSPS) is 14.8. The molecule has 4 rings (SSSR count). The van der Waals surface area contributed by atoms with Crippen molar-refractivity contribution in [2.75, 3.05) is 39.4 Å². The van der Waals surface area contributed by atoms with Crippen LogP contribution in [-0.4, -0.2) is 60.3 Å². The third kappa shape index (κ3) is 4.26. The maximum absolute atomic E-state index is 13.0. The predicted molar refractivity (Wildman–Crippen MR) is 114 cm³/mol. The van der Waals surface area contributed by atoms with Gasteiger partial charge in [0.15, 0.2) is 17.1 Å². The topological polar surface area (TPSA) is 68.0 Å². The minimum atomic E-state index is 0.0190. The van der Waals surface area contributed by atoms with Crippen LogP contribution in [0, 0.1) is 0 Å². The number of nitrogens with zero attached hydrogens (tertiary/aromatic N) is 3. The molecule has 0 spiro atoms. The number of hydrogen-bond donors (Lipinski definition) is 0. The van der Waals surface area contributed by atoms with Crippen molar-refractivity contribution in [1.29, 1.82) is 0 Å². The maximum Gasteiger partial charge on any atom is 0.254 e. The molecule has 158 valence electrons. The highest BCUT2D eigenvalue weighted by atomic mass is 16.5. The molecule has 1 amide bonds. The smallest absolute Gasteiger partial charge is 0.254 e. The number of ether oxygens (including phenoxy) is 2. The minimum absolute atomic E-state index is 0.0190. The molecular weight excluding hydrogens is 382 g/mol. The van der Waals surface area contributed by atoms with Crippen LogP contribution in [0.1, 0.15) is 29.9 Å². The molecule has 1 saturated heterocycles. The van der Waals surface area contributed by atoms with E-state index in [4.69, 9.17) is 14.0 Å². The zero-order chi connectivity index (χ0) is 20.9. The fourth-order valence-corrected chi connectivity index (χ4v) is 3.74. The number of rotatable bonds is 7. The Kier molecular flexibility index (Phi) is 6.18. The number of aromatic nitrogens is 1. The molecule has 30 heavy (non-hydrogen) atoms. The highest BCUT2D eigenvalue weighted by Crippen LogP contribution is 2.29. The zero-order valence-corrected chi connectivity index (χ0v) is 17.5. The Labute approximate surface area is 176 Å². The molecule has 1 fully saturated rings. The first kappa shape index (κ1) is 20.2. The number of benzene rings is 2. The molecule has 0 saturated carbocycles. The lowest BCUT2D eigenvalue weighted by molar-refractivity contribution is 0.0625. The van der Waals surface area contributed by atoms with Crippen LogP contribution in [0.3, 0.4) is 0 Å². The zero-order valence-electron chi connectivity index (χ0n) is 17.5. The van der Waals surface area contributed by atoms with Gasteiger partial charge in [-0.15, -0.1) is 0 Å². The lowest BCUT2D eigenvalue weighted by atomic mass is 10.1. The first-order chi connectivity index (χ1) is 14.7. The minimum Gasteiger partial charge on any atom is -0.490 e. The van der Waals surface area contributed by atoms with Crippen molar-refractivity contribution in [3.05, 3.63) is 53.7 Å². The van der Waals surface area contributed by atoms with Crippen molar-refractivity contribution in [2.24, 2.45) is 0 Å². The summed E-state index contributed by atoms with van der Waals surface area (Å²) >= 11 is 0. The van der Waals surface area contributed by atoms with Gasteiger partial charge in [-0.2, -0.15) is 0 Å². The monoisotopic (exact) mass is 409 g/mol. The van der Waals surface area contributed by atoms with Crippen molar-refractivity contribution >= 4 is 16.9 Å². The summed E-state index contributed by atoms with van der Waals surface area (Å²) in [6.07, 6.45) is 0. The summed E-state index contributed by atoms with van der Waals surface area (Å²) in [7, 11) is 0. The third-order valence-electron chi connectivity index (χ3n) is 5.28. The van der Waals surface area contributed by atoms with Crippen molar-refractivity contribution in [3.8, 4) is 11.5 Å². The summed E-state index contributed by atoms with van der Waals surface area (Å²) in [5.74, 6) is 1.30. The molecule has 7 nitrogen and oxygen atoms in total. The number of hydrogen-bond acceptors (Lipinski definition) is 6. The van der Waals surface area contributed by atoms with Gasteiger partial charge < -0.3 is 18.9 Å². The number of carbonyl (C=O) groups excluding carboxylic acids is 1. The Morgan fingerprint density at radius 3 is 2.50 bits per heavy atom. The van der Waals surface area contributed by atoms with Crippen LogP contribution in [0.15, 0.2) is 47.0 Å². The van der Waals surface area contributed by atoms with Gasteiger partial charge in [0.1, 0.15) is 5.69 Å². The Balaban J connectivity index is 1.39. The number of fused-ring (bicyclic) bond motifs is 1. The molecule has 1 aliphatic heterocycles. The summed E-state index contributed by atoms with van der Waals surface area (Å²) in [6.45, 7) is 8.57. The van der Waals surface area contributed by atoms with Gasteiger partial charge in [0.2, 0.25) is 0 Å². The second-order valence-corrected chi connectivity index (χ2v) is 7.22. The quantitative estimate of drug-likeness (QED) is 0.594. The van der Waals surface area contributed by atoms with Crippen molar-refractivity contribution in [2.45, 2.75) is 20.4 Å². The Bertz CT molecular complexity index is 1010. The Morgan fingerprint density at radius 2 is 1.73 bits per heavy atom. The number of carbonyl (C=O) groups is 1. The van der Waals surface area contributed by atoms with Crippen LogP contribution in [0.5, 0.6) is 11.5 Å². The molecule has 7 heteroatoms. The summed E-state index contributed by atoms with van der Waals surface area (Å²) in [4.78, 5) is 17.2. The Hall–Kier alpha value is -3.06. The fraction of sp³-hybridized carbons (Fsp3) is 0.391. The third-order valence-corrected chi connectivity index (χ3v) is 5.28. The van der Waals surface area contributed by atoms with E-state index >= 15 is 0 Å². The van der Waals surface area contributed by atoms with E-state index in [0.717, 1.165) is 36.3 Å². The SMILES string of the molecule is CCOc1ccc(C(=O)N2CCN(Cc3noc4ccccc34)CC2)cc1OCC. The molecule has 3 aromatic rings. The summed E-state index contributed by atoms with van der Waals surface area (Å²) in [5.41, 5.74) is 2.37. The molecule has 0 aliphatic carbocycles. The van der Waals surface area contributed by atoms with Crippen LogP contribution >= 0.6 is 0 Å². The highest BCUT2D eigenvalue weighted by molar-refractivity contribution is 5.95. The van der Waals surface area contributed by atoms with Gasteiger partial charge in [-0.05, 0) is 44.2 Å². The van der Waals surface area contributed by atoms with Crippen LogP contribution in [0.2, 0.25) is 0 Å². The van der Waals surface area contributed by atoms with Crippen LogP contribution in [0.4, 0.5) is 0 Å². The van der Waals surface area contributed by atoms with Crippen LogP contribution in [0.25, 0.3) is 11.0 Å². The molecule has 0 unspecified atom stereocenters. The Morgan fingerprint density at radius 1 is 1.00 bits per heavy atom. The van der Waals surface area contributed by atoms with Gasteiger partial charge in [0.25, 0.3) is 5.91 Å². The maximum atomic E-state index is 13.0. The lowest BCUT2D eigenvalue weighted by Gasteiger charge is -2.34. The van der Waals surface area contributed by atoms with Gasteiger partial charge in [-0.1, -0.05) is 17.3 Å². The van der Waals surface area contributed by atoms with Gasteiger partial charge in [-0.3, -0.25) is 9.69 Å². The van der Waals surface area contributed by atoms with Gasteiger partial charge in [0, 0.05) is 43.7 Å². The second-order valence-electron chi connectivity index (χ2n) is 7.22. The van der Waals surface area contributed by atoms with E-state index in [1.165, 1.54) is 0 Å². The molecule has 0 radical (unpaired) electrons. The van der Waals surface area contributed by atoms with E-state index in [0.29, 0.717) is 43.4 Å². The van der Waals surface area contributed by atoms with E-state index in [1.54, 1.807) is 6.07 Å². The van der Waals surface area contributed by atoms with Crippen LogP contribution < -0.4 is 9.47 Å².